The first kappa shape index (κ1) is 38.8. The molecule has 2 atom stereocenters. The van der Waals surface area contributed by atoms with Gasteiger partial charge in [0, 0.05) is 86.1 Å². The zero-order valence-electron chi connectivity index (χ0n) is 32.0. The Hall–Kier alpha value is -5.88. The number of amides is 2. The molecule has 3 aliphatic rings. The van der Waals surface area contributed by atoms with Gasteiger partial charge >= 0.3 is 5.97 Å². The number of nitrogens with zero attached hydrogens (tertiary/aromatic N) is 3. The third kappa shape index (κ3) is 8.76. The Balaban J connectivity index is 1.03. The van der Waals surface area contributed by atoms with Crippen LogP contribution in [0.2, 0.25) is 0 Å². The van der Waals surface area contributed by atoms with Crippen LogP contribution in [0.25, 0.3) is 16.5 Å². The average molecular weight is 748 g/mol. The molecule has 0 bridgehead atoms. The molecule has 12 heteroatoms. The van der Waals surface area contributed by atoms with E-state index in [-0.39, 0.29) is 40.7 Å². The lowest BCUT2D eigenvalue weighted by molar-refractivity contribution is -0.462. The lowest BCUT2D eigenvalue weighted by Crippen LogP contribution is -2.33. The molecule has 2 unspecified atom stereocenters. The van der Waals surface area contributed by atoms with E-state index < -0.39 is 5.97 Å². The molecule has 3 aromatic rings. The second kappa shape index (κ2) is 17.1. The number of nitrogens with one attached hydrogen (secondary N) is 2. The van der Waals surface area contributed by atoms with E-state index in [4.69, 9.17) is 10.5 Å². The number of allylic oxidation sites excluding steroid dienone is 4. The number of carbonyl (C=O) groups is 3. The zero-order chi connectivity index (χ0) is 39.2. The number of ether oxygens (including phenoxy) is 1. The number of aromatic nitrogens is 1. The maximum Gasteiger partial charge on any atom is 0.336 e. The van der Waals surface area contributed by atoms with E-state index in [2.05, 4.69) is 22.8 Å². The summed E-state index contributed by atoms with van der Waals surface area (Å²) in [5.74, 6) is -0.851. The number of hydrogen-bond acceptors (Lipinski definition) is 7. The molecule has 0 saturated heterocycles. The molecule has 2 aliphatic carbocycles. The van der Waals surface area contributed by atoms with Crippen LogP contribution in [0.4, 0.5) is 0 Å². The van der Waals surface area contributed by atoms with E-state index in [1.807, 2.05) is 78.8 Å². The molecule has 0 fully saturated rings. The summed E-state index contributed by atoms with van der Waals surface area (Å²) in [6.45, 7) is 1.96. The first-order chi connectivity index (χ1) is 26.4. The fraction of sp³-hybridized carbons (Fsp3) is 0.349. The normalized spacial score (nSPS) is 17.2. The van der Waals surface area contributed by atoms with Gasteiger partial charge in [-0.05, 0) is 97.5 Å². The van der Waals surface area contributed by atoms with Crippen molar-refractivity contribution in [1.82, 2.24) is 20.1 Å². The summed E-state index contributed by atoms with van der Waals surface area (Å²) in [6.07, 6.45) is 17.0. The van der Waals surface area contributed by atoms with E-state index in [1.165, 1.54) is 6.07 Å². The smallest absolute Gasteiger partial charge is 0.336 e. The molecule has 6 rings (SSSR count). The van der Waals surface area contributed by atoms with Crippen molar-refractivity contribution in [2.75, 3.05) is 47.8 Å². The molecule has 1 aromatic heterocycles. The van der Waals surface area contributed by atoms with Crippen molar-refractivity contribution in [3.8, 4) is 5.75 Å². The minimum Gasteiger partial charge on any atom is -0.508 e. The van der Waals surface area contributed by atoms with E-state index in [0.717, 1.165) is 51.9 Å². The third-order valence-corrected chi connectivity index (χ3v) is 10.3. The van der Waals surface area contributed by atoms with Gasteiger partial charge in [0.15, 0.2) is 0 Å². The van der Waals surface area contributed by atoms with Crippen LogP contribution in [0.3, 0.4) is 0 Å². The Kier molecular flexibility index (Phi) is 12.1. The summed E-state index contributed by atoms with van der Waals surface area (Å²) in [4.78, 5) is 40.5. The number of aryl methyl sites for hydroxylation is 1. The van der Waals surface area contributed by atoms with Crippen molar-refractivity contribution in [1.29, 1.82) is 0 Å². The van der Waals surface area contributed by atoms with Crippen LogP contribution in [0.15, 0.2) is 96.1 Å². The van der Waals surface area contributed by atoms with Gasteiger partial charge in [-0.3, -0.25) is 9.59 Å². The molecule has 0 radical (unpaired) electrons. The summed E-state index contributed by atoms with van der Waals surface area (Å²) in [6, 6.07) is 10.1. The second-order valence-corrected chi connectivity index (χ2v) is 14.5. The SMILES string of the molecule is CN(C)C1=CC2OC3=CC(=[N+](C)C)C=CC3=C(c3ccc(C(=O)NCCCCCNC(=O)CCn4cc(CCN)c5cc(O)ccc54)cc3C(=O)O)C2C=C1. The predicted octanol–water partition coefficient (Wildman–Crippen LogP) is 4.60. The second-order valence-electron chi connectivity index (χ2n) is 14.5. The maximum atomic E-state index is 13.2. The molecule has 55 heavy (non-hydrogen) atoms. The van der Waals surface area contributed by atoms with Crippen LogP contribution < -0.4 is 16.4 Å². The molecule has 0 saturated carbocycles. The number of unbranched alkanes of at least 4 members (excludes halogenated alkanes) is 2. The Bertz CT molecular complexity index is 2180. The molecule has 12 nitrogen and oxygen atoms in total. The lowest BCUT2D eigenvalue weighted by atomic mass is 9.77. The number of phenolic OH excluding ortho intramolecular Hbond substituents is 1. The van der Waals surface area contributed by atoms with Gasteiger partial charge in [-0.25, -0.2) is 9.37 Å². The quantitative estimate of drug-likeness (QED) is 0.111. The Labute approximate surface area is 321 Å². The number of fused-ring (bicyclic) bond motifs is 3. The summed E-state index contributed by atoms with van der Waals surface area (Å²) < 4.78 is 10.5. The van der Waals surface area contributed by atoms with Gasteiger partial charge in [0.1, 0.15) is 31.7 Å². The number of aromatic hydroxyl groups is 1. The van der Waals surface area contributed by atoms with E-state index >= 15 is 0 Å². The number of aromatic carboxylic acids is 1. The van der Waals surface area contributed by atoms with Crippen LogP contribution in [-0.4, -0.2) is 102 Å². The Morgan fingerprint density at radius 1 is 1.00 bits per heavy atom. The van der Waals surface area contributed by atoms with E-state index in [9.17, 15) is 24.6 Å². The number of hydrogen-bond donors (Lipinski definition) is 5. The molecule has 0 spiro atoms. The third-order valence-electron chi connectivity index (χ3n) is 10.3. The minimum absolute atomic E-state index is 0.0440. The van der Waals surface area contributed by atoms with Crippen LogP contribution in [0.5, 0.6) is 5.75 Å². The van der Waals surface area contributed by atoms with Crippen LogP contribution in [0, 0.1) is 5.92 Å². The highest BCUT2D eigenvalue weighted by atomic mass is 16.5. The first-order valence-corrected chi connectivity index (χ1v) is 18.8. The molecular formula is C43H51N6O6+. The summed E-state index contributed by atoms with van der Waals surface area (Å²) in [7, 11) is 7.86. The Morgan fingerprint density at radius 3 is 2.51 bits per heavy atom. The highest BCUT2D eigenvalue weighted by Gasteiger charge is 2.38. The topological polar surface area (TPSA) is 162 Å². The molecule has 288 valence electrons. The number of benzene rings is 2. The van der Waals surface area contributed by atoms with Crippen LogP contribution in [-0.2, 0) is 22.5 Å². The van der Waals surface area contributed by atoms with Gasteiger partial charge in [0.2, 0.25) is 11.6 Å². The molecule has 2 aromatic carbocycles. The standard InChI is InChI=1S/C43H50N6O6/c1-47(2)29-9-13-33-38(23-29)55-39-24-30(48(3)4)10-14-34(39)41(33)32-12-8-27(22-36(32)43(53)54)42(52)46-20-7-5-6-19-45-40(51)17-21-49-26-28(16-18-44)35-25-31(50)11-15-37(35)49/h8-15,22-26,33,38H,5-7,16-21,44H2,1-4H3,(H3-,45,46,50,51,52,53,54)/p+1. The van der Waals surface area contributed by atoms with E-state index in [0.29, 0.717) is 56.8 Å². The van der Waals surface area contributed by atoms with Gasteiger partial charge in [-0.1, -0.05) is 12.1 Å². The molecule has 2 heterocycles. The number of likely N-dealkylation sites (N-methyl/N-ethyl adjacent to an activating group) is 1. The molecule has 1 aliphatic heterocycles. The lowest BCUT2D eigenvalue weighted by Gasteiger charge is -2.38. The van der Waals surface area contributed by atoms with Crippen molar-refractivity contribution in [3.63, 3.8) is 0 Å². The summed E-state index contributed by atoms with van der Waals surface area (Å²) in [5, 5.41) is 27.2. The highest BCUT2D eigenvalue weighted by Crippen LogP contribution is 2.45. The fourth-order valence-electron chi connectivity index (χ4n) is 7.33. The summed E-state index contributed by atoms with van der Waals surface area (Å²) in [5.41, 5.74) is 12.3. The number of carboxylic acids is 1. The molecular weight excluding hydrogens is 697 g/mol. The average Bonchev–Trinajstić information content (AvgIpc) is 3.50. The zero-order valence-corrected chi connectivity index (χ0v) is 32.0. The number of carboxylic acid groups (broad SMARTS) is 1. The van der Waals surface area contributed by atoms with Gasteiger partial charge in [0.25, 0.3) is 5.91 Å². The number of nitrogens with two attached hydrogens (primary N) is 1. The first-order valence-electron chi connectivity index (χ1n) is 18.8. The predicted molar refractivity (Wildman–Crippen MR) is 214 cm³/mol. The van der Waals surface area contributed by atoms with Crippen molar-refractivity contribution < 1.29 is 33.9 Å². The molecule has 2 amide bonds. The van der Waals surface area contributed by atoms with Crippen molar-refractivity contribution in [3.05, 3.63) is 118 Å². The van der Waals surface area contributed by atoms with Crippen LogP contribution >= 0.6 is 0 Å². The number of rotatable bonds is 15. The van der Waals surface area contributed by atoms with Crippen LogP contribution in [0.1, 0.15) is 57.5 Å². The van der Waals surface area contributed by atoms with Gasteiger partial charge in [-0.15, -0.1) is 0 Å². The highest BCUT2D eigenvalue weighted by molar-refractivity contribution is 6.06. The fourth-order valence-corrected chi connectivity index (χ4v) is 7.33. The molecule has 6 N–H and O–H groups in total. The van der Waals surface area contributed by atoms with E-state index in [1.54, 1.807) is 24.3 Å². The number of carbonyl (C=O) groups excluding carboxylic acids is 2. The van der Waals surface area contributed by atoms with Crippen molar-refractivity contribution >= 4 is 40.0 Å². The van der Waals surface area contributed by atoms with Gasteiger partial charge in [-0.2, -0.15) is 0 Å². The maximum absolute atomic E-state index is 13.2. The van der Waals surface area contributed by atoms with Gasteiger partial charge < -0.3 is 40.8 Å². The minimum atomic E-state index is -1.11. The van der Waals surface area contributed by atoms with Crippen molar-refractivity contribution in [2.24, 2.45) is 11.7 Å². The largest absolute Gasteiger partial charge is 0.508 e. The summed E-state index contributed by atoms with van der Waals surface area (Å²) >= 11 is 0. The van der Waals surface area contributed by atoms with Crippen molar-refractivity contribution in [2.45, 2.75) is 44.8 Å². The Morgan fingerprint density at radius 2 is 1.78 bits per heavy atom. The van der Waals surface area contributed by atoms with Gasteiger partial charge in [0.05, 0.1) is 11.6 Å². The monoisotopic (exact) mass is 747 g/mol. The number of phenols is 1.